The Morgan fingerprint density at radius 3 is 1.50 bits per heavy atom. The molecule has 4 fully saturated rings. The molecule has 4 amide bonds. The summed E-state index contributed by atoms with van der Waals surface area (Å²) in [6.07, 6.45) is 8.69. The Morgan fingerprint density at radius 1 is 0.692 bits per heavy atom. The fourth-order valence-electron chi connectivity index (χ4n) is 5.50. The van der Waals surface area contributed by atoms with Crippen LogP contribution < -0.4 is 0 Å². The largest absolute Gasteiger partial charge is 0.365 e. The van der Waals surface area contributed by atoms with Crippen LogP contribution in [0, 0.1) is 35.5 Å². The van der Waals surface area contributed by atoms with E-state index in [-0.39, 0.29) is 59.5 Å². The van der Waals surface area contributed by atoms with E-state index in [2.05, 4.69) is 12.2 Å². The maximum atomic E-state index is 11.7. The van der Waals surface area contributed by atoms with E-state index < -0.39 is 0 Å². The molecule has 0 aromatic heterocycles. The number of fused-ring (bicyclic) bond motifs is 10. The Balaban J connectivity index is 0.000000115. The lowest BCUT2D eigenvalue weighted by Gasteiger charge is -2.14. The number of allylic oxidation sites excluding steroid dienone is 2. The molecule has 8 atom stereocenters. The summed E-state index contributed by atoms with van der Waals surface area (Å²) in [4.78, 5) is 49.0. The summed E-state index contributed by atoms with van der Waals surface area (Å²) in [7, 11) is 3.14. The van der Waals surface area contributed by atoms with Gasteiger partial charge in [0.15, 0.2) is 0 Å². The van der Waals surface area contributed by atoms with Crippen LogP contribution in [0.25, 0.3) is 0 Å². The topological polar surface area (TPSA) is 84.0 Å². The maximum absolute atomic E-state index is 11.7. The van der Waals surface area contributed by atoms with Crippen molar-refractivity contribution in [1.29, 1.82) is 0 Å². The van der Waals surface area contributed by atoms with Crippen LogP contribution in [0.3, 0.4) is 0 Å². The second-order valence-electron chi connectivity index (χ2n) is 7.97. The van der Waals surface area contributed by atoms with E-state index in [1.54, 1.807) is 14.1 Å². The van der Waals surface area contributed by atoms with Crippen molar-refractivity contribution in [3.05, 3.63) is 24.3 Å². The third-order valence-corrected chi connectivity index (χ3v) is 6.82. The van der Waals surface area contributed by atoms with Gasteiger partial charge in [0.05, 0.1) is 35.9 Å². The van der Waals surface area contributed by atoms with Gasteiger partial charge in [-0.3, -0.25) is 29.0 Å². The number of likely N-dealkylation sites (tertiary alicyclic amines) is 2. The van der Waals surface area contributed by atoms with Gasteiger partial charge in [-0.15, -0.1) is 0 Å². The van der Waals surface area contributed by atoms with E-state index in [1.165, 1.54) is 9.80 Å². The van der Waals surface area contributed by atoms with Crippen LogP contribution in [0.5, 0.6) is 0 Å². The number of rotatable bonds is 0. The summed E-state index contributed by atoms with van der Waals surface area (Å²) in [5.41, 5.74) is 0. The van der Waals surface area contributed by atoms with Gasteiger partial charge in [-0.2, -0.15) is 0 Å². The molecule has 4 heterocycles. The molecule has 4 bridgehead atoms. The van der Waals surface area contributed by atoms with Crippen LogP contribution in [0.2, 0.25) is 0 Å². The second-order valence-corrected chi connectivity index (χ2v) is 7.97. The Morgan fingerprint density at radius 2 is 1.08 bits per heavy atom. The number of amides is 4. The van der Waals surface area contributed by atoms with Crippen LogP contribution in [0.1, 0.15) is 6.42 Å². The van der Waals surface area contributed by atoms with Crippen molar-refractivity contribution in [2.45, 2.75) is 18.6 Å². The first kappa shape index (κ1) is 15.9. The maximum Gasteiger partial charge on any atom is 0.235 e. The first-order valence-electron chi connectivity index (χ1n) is 9.05. The number of hydrogen-bond donors (Lipinski definition) is 0. The summed E-state index contributed by atoms with van der Waals surface area (Å²) < 4.78 is 5.45. The molecule has 7 nitrogen and oxygen atoms in total. The third kappa shape index (κ3) is 1.81. The first-order valence-corrected chi connectivity index (χ1v) is 9.05. The van der Waals surface area contributed by atoms with E-state index in [0.29, 0.717) is 11.8 Å². The minimum atomic E-state index is -0.243. The Hall–Kier alpha value is -2.28. The number of ether oxygens (including phenoxy) is 1. The van der Waals surface area contributed by atoms with Gasteiger partial charge in [0, 0.05) is 14.1 Å². The van der Waals surface area contributed by atoms with Gasteiger partial charge in [0.25, 0.3) is 0 Å². The number of carbonyl (C=O) groups is 4. The van der Waals surface area contributed by atoms with E-state index >= 15 is 0 Å². The van der Waals surface area contributed by atoms with Crippen molar-refractivity contribution >= 4 is 23.6 Å². The third-order valence-electron chi connectivity index (χ3n) is 6.82. The summed E-state index contributed by atoms with van der Waals surface area (Å²) in [5.74, 6) is 0.0465. The van der Waals surface area contributed by atoms with Crippen molar-refractivity contribution < 1.29 is 23.9 Å². The van der Waals surface area contributed by atoms with Crippen LogP contribution in [-0.4, -0.2) is 59.7 Å². The molecule has 2 aliphatic carbocycles. The zero-order valence-corrected chi connectivity index (χ0v) is 14.6. The van der Waals surface area contributed by atoms with Gasteiger partial charge in [0.1, 0.15) is 0 Å². The number of carbonyl (C=O) groups excluding carboxylic acids is 4. The molecule has 0 radical (unpaired) electrons. The van der Waals surface area contributed by atoms with Gasteiger partial charge in [-0.1, -0.05) is 24.3 Å². The molecule has 0 aromatic carbocycles. The second kappa shape index (κ2) is 5.13. The van der Waals surface area contributed by atoms with Crippen molar-refractivity contribution in [3.63, 3.8) is 0 Å². The summed E-state index contributed by atoms with van der Waals surface area (Å²) in [5, 5.41) is 0. The highest BCUT2D eigenvalue weighted by atomic mass is 16.5. The molecule has 3 saturated heterocycles. The van der Waals surface area contributed by atoms with Gasteiger partial charge >= 0.3 is 0 Å². The monoisotopic (exact) mass is 356 g/mol. The Kier molecular flexibility index (Phi) is 3.14. The van der Waals surface area contributed by atoms with E-state index in [9.17, 15) is 19.2 Å². The van der Waals surface area contributed by atoms with Crippen molar-refractivity contribution in [1.82, 2.24) is 9.80 Å². The lowest BCUT2D eigenvalue weighted by molar-refractivity contribution is -0.141. The Bertz CT molecular complexity index is 676. The summed E-state index contributed by atoms with van der Waals surface area (Å²) >= 11 is 0. The number of imide groups is 2. The molecular formula is C19H20N2O5. The minimum Gasteiger partial charge on any atom is -0.365 e. The molecule has 0 spiro atoms. The lowest BCUT2D eigenvalue weighted by Crippen LogP contribution is -2.30. The van der Waals surface area contributed by atoms with E-state index in [4.69, 9.17) is 4.74 Å². The van der Waals surface area contributed by atoms with E-state index in [1.807, 2.05) is 12.2 Å². The van der Waals surface area contributed by atoms with Gasteiger partial charge < -0.3 is 4.74 Å². The summed E-state index contributed by atoms with van der Waals surface area (Å²) in [6.45, 7) is 0. The molecule has 0 aromatic rings. The molecule has 6 rings (SSSR count). The highest BCUT2D eigenvalue weighted by Crippen LogP contribution is 2.52. The number of nitrogens with zero attached hydrogens (tertiary/aromatic N) is 2. The molecule has 1 saturated carbocycles. The molecule has 136 valence electrons. The quantitative estimate of drug-likeness (QED) is 0.450. The van der Waals surface area contributed by atoms with Crippen LogP contribution in [-0.2, 0) is 23.9 Å². The summed E-state index contributed by atoms with van der Waals surface area (Å²) in [6, 6.07) is 0. The standard InChI is InChI=1S/C10H11NO2.C9H9NO3/c1-11-9(12)7-5-2-3-6(4-5)8(7)10(11)13;1-10-8(11)6-4-2-3-5(13-4)7(6)9(10)12/h2-3,5-8H,4H2,1H3;2-7H,1H3/t5-,6+,7-,8+;4-,5+,6+,7-. The average Bonchev–Trinajstić information content (AvgIpc) is 3.45. The smallest absolute Gasteiger partial charge is 0.235 e. The minimum absolute atomic E-state index is 0.0208. The van der Waals surface area contributed by atoms with Crippen molar-refractivity contribution in [3.8, 4) is 0 Å². The van der Waals surface area contributed by atoms with Crippen LogP contribution in [0.4, 0.5) is 0 Å². The highest BCUT2D eigenvalue weighted by molar-refractivity contribution is 6.06. The van der Waals surface area contributed by atoms with E-state index in [0.717, 1.165) is 6.42 Å². The molecule has 7 heteroatoms. The zero-order chi connectivity index (χ0) is 18.3. The first-order chi connectivity index (χ1) is 12.4. The lowest BCUT2D eigenvalue weighted by atomic mass is 9.85. The predicted octanol–water partition coefficient (Wildman–Crippen LogP) is -0.0221. The van der Waals surface area contributed by atoms with Gasteiger partial charge in [0.2, 0.25) is 23.6 Å². The SMILES string of the molecule is CN1C(=O)[C@@H]2[C@H](C1=O)[C@@H]1C=C[C@H]2C1.CN1C(=O)[C@@H]2[C@H](C1=O)[C@@H]1C=C[C@H]2O1. The normalized spacial score (nSPS) is 46.4. The fraction of sp³-hybridized carbons (Fsp3) is 0.579. The molecule has 0 unspecified atom stereocenters. The molecule has 0 N–H and O–H groups in total. The van der Waals surface area contributed by atoms with Crippen LogP contribution in [0.15, 0.2) is 24.3 Å². The van der Waals surface area contributed by atoms with Crippen molar-refractivity contribution in [2.75, 3.05) is 14.1 Å². The highest BCUT2D eigenvalue weighted by Gasteiger charge is 2.60. The fourth-order valence-corrected chi connectivity index (χ4v) is 5.50. The van der Waals surface area contributed by atoms with Gasteiger partial charge in [-0.25, -0.2) is 0 Å². The average molecular weight is 356 g/mol. The molecule has 4 aliphatic heterocycles. The zero-order valence-electron chi connectivity index (χ0n) is 14.6. The molecule has 26 heavy (non-hydrogen) atoms. The van der Waals surface area contributed by atoms with Crippen molar-refractivity contribution in [2.24, 2.45) is 35.5 Å². The molecule has 6 aliphatic rings. The van der Waals surface area contributed by atoms with Gasteiger partial charge in [-0.05, 0) is 18.3 Å². The molecular weight excluding hydrogens is 336 g/mol. The Labute approximate surface area is 150 Å². The number of hydrogen-bond acceptors (Lipinski definition) is 5. The predicted molar refractivity (Wildman–Crippen MR) is 88.1 cm³/mol. The van der Waals surface area contributed by atoms with Crippen LogP contribution >= 0.6 is 0 Å².